The van der Waals surface area contributed by atoms with Gasteiger partial charge in [-0.3, -0.25) is 4.79 Å². The monoisotopic (exact) mass is 407 g/mol. The molecule has 0 aromatic heterocycles. The van der Waals surface area contributed by atoms with E-state index in [1.165, 1.54) is 13.2 Å². The van der Waals surface area contributed by atoms with Gasteiger partial charge in [0, 0.05) is 17.8 Å². The Bertz CT molecular complexity index is 1010. The molecular weight excluding hydrogens is 382 g/mol. The van der Waals surface area contributed by atoms with Crippen molar-refractivity contribution in [3.05, 3.63) is 76.5 Å². The lowest BCUT2D eigenvalue weighted by molar-refractivity contribution is -0.136. The summed E-state index contributed by atoms with van der Waals surface area (Å²) in [7, 11) is 1.28. The van der Waals surface area contributed by atoms with Gasteiger partial charge in [0.05, 0.1) is 24.9 Å². The van der Waals surface area contributed by atoms with Crippen molar-refractivity contribution in [3.63, 3.8) is 0 Å². The first kappa shape index (κ1) is 21.2. The number of hydrogen-bond acceptors (Lipinski definition) is 5. The molecule has 0 bridgehead atoms. The summed E-state index contributed by atoms with van der Waals surface area (Å²) in [4.78, 5) is 27.2. The molecule has 0 unspecified atom stereocenters. The van der Waals surface area contributed by atoms with Crippen LogP contribution < -0.4 is 4.74 Å². The van der Waals surface area contributed by atoms with E-state index in [0.717, 1.165) is 5.56 Å². The maximum absolute atomic E-state index is 13.2. The fourth-order valence-electron chi connectivity index (χ4n) is 3.47. The number of hydrogen-bond donors (Lipinski definition) is 1. The van der Waals surface area contributed by atoms with Gasteiger partial charge < -0.3 is 19.5 Å². The zero-order valence-electron chi connectivity index (χ0n) is 17.3. The van der Waals surface area contributed by atoms with E-state index < -0.39 is 5.97 Å². The van der Waals surface area contributed by atoms with Gasteiger partial charge in [-0.2, -0.15) is 0 Å². The van der Waals surface area contributed by atoms with Crippen LogP contribution in [0.4, 0.5) is 0 Å². The Morgan fingerprint density at radius 1 is 1.13 bits per heavy atom. The second kappa shape index (κ2) is 9.31. The molecule has 0 saturated heterocycles. The molecule has 2 aromatic carbocycles. The number of phenolic OH excluding ortho intramolecular Hbond substituents is 1. The van der Waals surface area contributed by atoms with Crippen molar-refractivity contribution in [1.29, 1.82) is 0 Å². The number of benzene rings is 2. The summed E-state index contributed by atoms with van der Waals surface area (Å²) in [5, 5.41) is 10.5. The number of phenols is 1. The van der Waals surface area contributed by atoms with Gasteiger partial charge in [0.2, 0.25) is 0 Å². The number of aromatic hydroxyl groups is 1. The third-order valence-electron chi connectivity index (χ3n) is 5.00. The Kier molecular flexibility index (Phi) is 6.57. The van der Waals surface area contributed by atoms with Gasteiger partial charge in [-0.1, -0.05) is 42.5 Å². The second-order valence-electron chi connectivity index (χ2n) is 6.83. The highest BCUT2D eigenvalue weighted by Gasteiger charge is 2.37. The van der Waals surface area contributed by atoms with Crippen LogP contribution in [0.2, 0.25) is 0 Å². The van der Waals surface area contributed by atoms with Crippen molar-refractivity contribution in [2.75, 3.05) is 20.3 Å². The molecule has 1 aliphatic rings. The predicted molar refractivity (Wildman–Crippen MR) is 114 cm³/mol. The summed E-state index contributed by atoms with van der Waals surface area (Å²) >= 11 is 0. The number of methoxy groups -OCH3 is 1. The number of para-hydroxylation sites is 1. The van der Waals surface area contributed by atoms with Crippen molar-refractivity contribution in [3.8, 4) is 11.5 Å². The highest BCUT2D eigenvalue weighted by atomic mass is 16.5. The quantitative estimate of drug-likeness (QED) is 0.559. The van der Waals surface area contributed by atoms with Gasteiger partial charge in [0.1, 0.15) is 0 Å². The second-order valence-corrected chi connectivity index (χ2v) is 6.83. The minimum Gasteiger partial charge on any atom is -0.504 e. The first-order chi connectivity index (χ1) is 14.5. The van der Waals surface area contributed by atoms with Crippen LogP contribution in [-0.2, 0) is 20.7 Å². The zero-order chi connectivity index (χ0) is 21.7. The summed E-state index contributed by atoms with van der Waals surface area (Å²) in [6, 6.07) is 14.9. The van der Waals surface area contributed by atoms with E-state index in [-0.39, 0.29) is 22.8 Å². The lowest BCUT2D eigenvalue weighted by Gasteiger charge is -2.17. The number of carbonyl (C=O) groups is 2. The minimum atomic E-state index is -0.588. The van der Waals surface area contributed by atoms with Crippen molar-refractivity contribution >= 4 is 18.0 Å². The molecule has 3 rings (SSSR count). The molecule has 156 valence electrons. The normalized spacial score (nSPS) is 15.1. The van der Waals surface area contributed by atoms with Gasteiger partial charge in [-0.25, -0.2) is 4.79 Å². The highest BCUT2D eigenvalue weighted by Crippen LogP contribution is 2.36. The number of nitrogens with zero attached hydrogens (tertiary/aromatic N) is 1. The van der Waals surface area contributed by atoms with Crippen LogP contribution in [-0.4, -0.2) is 42.1 Å². The van der Waals surface area contributed by atoms with Crippen LogP contribution in [0.5, 0.6) is 11.5 Å². The Hall–Kier alpha value is -3.54. The fourth-order valence-corrected chi connectivity index (χ4v) is 3.47. The average Bonchev–Trinajstić information content (AvgIpc) is 2.99. The first-order valence-corrected chi connectivity index (χ1v) is 9.79. The van der Waals surface area contributed by atoms with Crippen LogP contribution in [0.1, 0.15) is 25.0 Å². The Balaban J connectivity index is 1.97. The predicted octanol–water partition coefficient (Wildman–Crippen LogP) is 3.71. The van der Waals surface area contributed by atoms with Gasteiger partial charge >= 0.3 is 5.97 Å². The first-order valence-electron chi connectivity index (χ1n) is 9.79. The topological polar surface area (TPSA) is 76.1 Å². The standard InChI is InChI=1S/C24H25NO5/c1-4-30-20-12-8-11-18(22(20)26)15-19-21(24(28)29-3)16(2)25(23(19)27)14-13-17-9-6-5-7-10-17/h5-12,15,26H,4,13-14H2,1-3H3/b19-15-. The zero-order valence-corrected chi connectivity index (χ0v) is 17.3. The molecule has 2 aromatic rings. The molecule has 0 atom stereocenters. The average molecular weight is 407 g/mol. The third-order valence-corrected chi connectivity index (χ3v) is 5.00. The minimum absolute atomic E-state index is 0.0794. The molecule has 0 spiro atoms. The molecule has 6 nitrogen and oxygen atoms in total. The Labute approximate surface area is 176 Å². The molecule has 0 saturated carbocycles. The van der Waals surface area contributed by atoms with E-state index in [1.807, 2.05) is 37.3 Å². The SMILES string of the molecule is CCOc1cccc(/C=C2\C(=O)N(CCc3ccccc3)C(C)=C2C(=O)OC)c1O. The van der Waals surface area contributed by atoms with Crippen molar-refractivity contribution in [2.24, 2.45) is 0 Å². The van der Waals surface area contributed by atoms with E-state index in [4.69, 9.17) is 9.47 Å². The lowest BCUT2D eigenvalue weighted by atomic mass is 10.0. The van der Waals surface area contributed by atoms with E-state index >= 15 is 0 Å². The van der Waals surface area contributed by atoms with Crippen LogP contribution >= 0.6 is 0 Å². The van der Waals surface area contributed by atoms with Crippen molar-refractivity contribution in [2.45, 2.75) is 20.3 Å². The number of carbonyl (C=O) groups excluding carboxylic acids is 2. The summed E-state index contributed by atoms with van der Waals surface area (Å²) < 4.78 is 10.3. The maximum atomic E-state index is 13.2. The van der Waals surface area contributed by atoms with E-state index in [9.17, 15) is 14.7 Å². The van der Waals surface area contributed by atoms with Gasteiger partial charge in [-0.05, 0) is 38.0 Å². The molecule has 0 radical (unpaired) electrons. The van der Waals surface area contributed by atoms with Gasteiger partial charge in [0.15, 0.2) is 11.5 Å². The number of amides is 1. The molecule has 6 heteroatoms. The molecular formula is C24H25NO5. The third kappa shape index (κ3) is 4.22. The van der Waals surface area contributed by atoms with Crippen LogP contribution in [0, 0.1) is 0 Å². The Morgan fingerprint density at radius 3 is 2.53 bits per heavy atom. The number of allylic oxidation sites excluding steroid dienone is 1. The summed E-state index contributed by atoms with van der Waals surface area (Å²) in [6.07, 6.45) is 2.16. The van der Waals surface area contributed by atoms with E-state index in [0.29, 0.717) is 36.6 Å². The highest BCUT2D eigenvalue weighted by molar-refractivity contribution is 6.16. The molecule has 30 heavy (non-hydrogen) atoms. The van der Waals surface area contributed by atoms with Crippen LogP contribution in [0.15, 0.2) is 65.4 Å². The van der Waals surface area contributed by atoms with Gasteiger partial charge in [0.25, 0.3) is 5.91 Å². The number of ether oxygens (including phenoxy) is 2. The van der Waals surface area contributed by atoms with Gasteiger partial charge in [-0.15, -0.1) is 0 Å². The summed E-state index contributed by atoms with van der Waals surface area (Å²) in [5.41, 5.74) is 2.42. The van der Waals surface area contributed by atoms with Crippen molar-refractivity contribution < 1.29 is 24.2 Å². The largest absolute Gasteiger partial charge is 0.504 e. The summed E-state index contributed by atoms with van der Waals surface area (Å²) in [6.45, 7) is 4.37. The molecule has 1 amide bonds. The molecule has 1 aliphatic heterocycles. The van der Waals surface area contributed by atoms with E-state index in [2.05, 4.69) is 0 Å². The maximum Gasteiger partial charge on any atom is 0.340 e. The van der Waals surface area contributed by atoms with Crippen LogP contribution in [0.25, 0.3) is 6.08 Å². The fraction of sp³-hybridized carbons (Fsp3) is 0.250. The molecule has 1 N–H and O–H groups in total. The number of rotatable bonds is 7. The summed E-state index contributed by atoms with van der Waals surface area (Å²) in [5.74, 6) is -0.650. The van der Waals surface area contributed by atoms with E-state index in [1.54, 1.807) is 30.0 Å². The molecule has 1 heterocycles. The smallest absolute Gasteiger partial charge is 0.340 e. The Morgan fingerprint density at radius 2 is 1.87 bits per heavy atom. The van der Waals surface area contributed by atoms with Crippen LogP contribution in [0.3, 0.4) is 0 Å². The van der Waals surface area contributed by atoms with Crippen molar-refractivity contribution in [1.82, 2.24) is 4.90 Å². The molecule has 0 fully saturated rings. The molecule has 0 aliphatic carbocycles. The lowest BCUT2D eigenvalue weighted by Crippen LogP contribution is -2.27. The number of esters is 1.